The number of rotatable bonds is 2. The molecule has 0 aliphatic rings. The van der Waals surface area contributed by atoms with Gasteiger partial charge in [-0.1, -0.05) is 6.92 Å². The minimum Gasteiger partial charge on any atom is -0.207 e. The molecule has 0 radical (unpaired) electrons. The van der Waals surface area contributed by atoms with Crippen molar-refractivity contribution in [2.24, 2.45) is 0 Å². The molecule has 0 saturated carbocycles. The fraction of sp³-hybridized carbons (Fsp3) is 0.333. The normalized spacial score (nSPS) is 13.4. The van der Waals surface area contributed by atoms with Gasteiger partial charge in [0, 0.05) is 23.9 Å². The third-order valence-corrected chi connectivity index (χ3v) is 4.60. The van der Waals surface area contributed by atoms with Crippen LogP contribution in [-0.4, -0.2) is 0 Å². The van der Waals surface area contributed by atoms with Crippen LogP contribution in [-0.2, 0) is 11.9 Å². The third-order valence-electron chi connectivity index (χ3n) is 2.50. The largest absolute Gasteiger partial charge is 0.600 e. The van der Waals surface area contributed by atoms with Crippen molar-refractivity contribution in [2.45, 2.75) is 25.3 Å². The summed E-state index contributed by atoms with van der Waals surface area (Å²) < 4.78 is 52.1. The average molecular weight is 263 g/mol. The predicted octanol–water partition coefficient (Wildman–Crippen LogP) is 5.16. The molecule has 2 rings (SSSR count). The lowest BCUT2D eigenvalue weighted by molar-refractivity contribution is -0.0867. The molecular formula is C12H11F4S+. The van der Waals surface area contributed by atoms with Crippen LogP contribution in [0.2, 0.25) is 0 Å². The molecule has 0 aliphatic carbocycles. The predicted molar refractivity (Wildman–Crippen MR) is 61.7 cm³/mol. The van der Waals surface area contributed by atoms with Crippen LogP contribution >= 0.6 is 10.5 Å². The number of aryl methyl sites for hydroxylation is 1. The summed E-state index contributed by atoms with van der Waals surface area (Å²) in [5.74, 6) is -0.614. The van der Waals surface area contributed by atoms with Gasteiger partial charge in [0.2, 0.25) is 0 Å². The van der Waals surface area contributed by atoms with Crippen molar-refractivity contribution in [2.75, 3.05) is 0 Å². The molecular weight excluding hydrogens is 252 g/mol. The van der Waals surface area contributed by atoms with E-state index < -0.39 is 21.8 Å². The van der Waals surface area contributed by atoms with E-state index in [1.807, 2.05) is 6.92 Å². The SMILES string of the molecule is CCCc1cc2ccc(F)cc2[s+]1C(F)(F)F. The quantitative estimate of drug-likeness (QED) is 0.518. The van der Waals surface area contributed by atoms with Crippen molar-refractivity contribution in [3.05, 3.63) is 35.0 Å². The van der Waals surface area contributed by atoms with Crippen LogP contribution in [0.15, 0.2) is 24.3 Å². The summed E-state index contributed by atoms with van der Waals surface area (Å²) in [6.07, 6.45) is 1.06. The summed E-state index contributed by atoms with van der Waals surface area (Å²) >= 11 is 0. The minimum absolute atomic E-state index is 0.0703. The maximum atomic E-state index is 13.1. The first kappa shape index (κ1) is 12.4. The third kappa shape index (κ3) is 2.29. The van der Waals surface area contributed by atoms with Crippen molar-refractivity contribution < 1.29 is 17.6 Å². The number of alkyl halides is 3. The highest BCUT2D eigenvalue weighted by Gasteiger charge is 2.47. The molecule has 0 bridgehead atoms. The zero-order chi connectivity index (χ0) is 12.6. The Morgan fingerprint density at radius 3 is 2.47 bits per heavy atom. The highest BCUT2D eigenvalue weighted by Crippen LogP contribution is 2.51. The Labute approximate surface area is 98.8 Å². The first-order valence-corrected chi connectivity index (χ1v) is 6.47. The molecule has 0 N–H and O–H groups in total. The summed E-state index contributed by atoms with van der Waals surface area (Å²) in [5, 5.41) is 0.496. The zero-order valence-electron chi connectivity index (χ0n) is 9.14. The van der Waals surface area contributed by atoms with Crippen LogP contribution < -0.4 is 0 Å². The van der Waals surface area contributed by atoms with Gasteiger partial charge in [-0.05, 0) is 18.6 Å². The van der Waals surface area contributed by atoms with Crippen LogP contribution in [0.5, 0.6) is 0 Å². The van der Waals surface area contributed by atoms with E-state index >= 15 is 0 Å². The van der Waals surface area contributed by atoms with Crippen LogP contribution in [0.25, 0.3) is 10.1 Å². The molecule has 5 heteroatoms. The van der Waals surface area contributed by atoms with Crippen molar-refractivity contribution >= 4 is 20.6 Å². The Hall–Kier alpha value is -1.10. The van der Waals surface area contributed by atoms with Gasteiger partial charge in [0.05, 0.1) is 10.5 Å². The van der Waals surface area contributed by atoms with Gasteiger partial charge in [-0.25, -0.2) is 4.39 Å². The van der Waals surface area contributed by atoms with E-state index in [4.69, 9.17) is 0 Å². The van der Waals surface area contributed by atoms with Gasteiger partial charge in [-0.15, -0.1) is 13.2 Å². The molecule has 1 unspecified atom stereocenters. The summed E-state index contributed by atoms with van der Waals surface area (Å²) in [6, 6.07) is 5.17. The number of halogens is 4. The van der Waals surface area contributed by atoms with Crippen LogP contribution in [0.3, 0.4) is 0 Å². The highest BCUT2D eigenvalue weighted by atomic mass is 32.2. The monoisotopic (exact) mass is 263 g/mol. The van der Waals surface area contributed by atoms with Crippen LogP contribution in [0.1, 0.15) is 18.2 Å². The number of fused-ring (bicyclic) bond motifs is 1. The summed E-state index contributed by atoms with van der Waals surface area (Å²) in [7, 11) is -1.95. The summed E-state index contributed by atoms with van der Waals surface area (Å²) in [4.78, 5) is 0.362. The molecule has 0 nitrogen and oxygen atoms in total. The van der Waals surface area contributed by atoms with Gasteiger partial charge in [0.15, 0.2) is 9.58 Å². The second kappa shape index (κ2) is 4.29. The second-order valence-electron chi connectivity index (χ2n) is 3.79. The zero-order valence-corrected chi connectivity index (χ0v) is 9.96. The average Bonchev–Trinajstić information content (AvgIpc) is 2.54. The second-order valence-corrected chi connectivity index (χ2v) is 5.83. The number of thiophene rings is 1. The smallest absolute Gasteiger partial charge is 0.207 e. The molecule has 92 valence electrons. The van der Waals surface area contributed by atoms with Crippen LogP contribution in [0, 0.1) is 5.82 Å². The molecule has 0 spiro atoms. The Balaban J connectivity index is 2.73. The van der Waals surface area contributed by atoms with Gasteiger partial charge in [0.25, 0.3) is 0 Å². The molecule has 0 aliphatic heterocycles. The molecule has 0 fully saturated rings. The topological polar surface area (TPSA) is 0 Å². The fourth-order valence-electron chi connectivity index (χ4n) is 1.87. The Morgan fingerprint density at radius 2 is 1.88 bits per heavy atom. The van der Waals surface area contributed by atoms with E-state index in [1.165, 1.54) is 12.1 Å². The van der Waals surface area contributed by atoms with Crippen molar-refractivity contribution in [3.63, 3.8) is 0 Å². The van der Waals surface area contributed by atoms with E-state index in [0.717, 1.165) is 6.07 Å². The number of benzene rings is 1. The summed E-state index contributed by atoms with van der Waals surface area (Å²) in [5.41, 5.74) is -4.32. The first-order valence-electron chi connectivity index (χ1n) is 5.24. The molecule has 2 aromatic rings. The number of hydrogen-bond donors (Lipinski definition) is 0. The maximum Gasteiger partial charge on any atom is 0.600 e. The van der Waals surface area contributed by atoms with Gasteiger partial charge in [-0.3, -0.25) is 0 Å². The van der Waals surface area contributed by atoms with E-state index in [9.17, 15) is 17.6 Å². The maximum absolute atomic E-state index is 13.1. The first-order chi connectivity index (χ1) is 7.93. The molecule has 0 amide bonds. The molecule has 1 heterocycles. The van der Waals surface area contributed by atoms with E-state index in [2.05, 4.69) is 0 Å². The van der Waals surface area contributed by atoms with Gasteiger partial charge >= 0.3 is 5.51 Å². The molecule has 1 aromatic carbocycles. The van der Waals surface area contributed by atoms with E-state index in [-0.39, 0.29) is 4.70 Å². The van der Waals surface area contributed by atoms with Crippen molar-refractivity contribution in [1.82, 2.24) is 0 Å². The lowest BCUT2D eigenvalue weighted by atomic mass is 10.2. The Bertz CT molecular complexity index is 539. The lowest BCUT2D eigenvalue weighted by Gasteiger charge is -1.99. The minimum atomic E-state index is -4.32. The summed E-state index contributed by atoms with van der Waals surface area (Å²) in [6.45, 7) is 1.84. The standard InChI is InChI=1S/C12H11F4S/c1-2-3-10-6-8-4-5-9(13)7-11(8)17(10)12(14,15)16/h4-7H,2-3H2,1H3/q+1. The van der Waals surface area contributed by atoms with Gasteiger partial charge in [-0.2, -0.15) is 0 Å². The van der Waals surface area contributed by atoms with Crippen molar-refractivity contribution in [3.8, 4) is 0 Å². The van der Waals surface area contributed by atoms with Gasteiger partial charge in [0.1, 0.15) is 5.82 Å². The van der Waals surface area contributed by atoms with Crippen LogP contribution in [0.4, 0.5) is 17.6 Å². The van der Waals surface area contributed by atoms with E-state index in [0.29, 0.717) is 23.1 Å². The van der Waals surface area contributed by atoms with Crippen molar-refractivity contribution in [1.29, 1.82) is 0 Å². The Kier molecular flexibility index (Phi) is 3.12. The van der Waals surface area contributed by atoms with E-state index in [1.54, 1.807) is 6.07 Å². The van der Waals surface area contributed by atoms with Gasteiger partial charge < -0.3 is 0 Å². The molecule has 1 aromatic heterocycles. The molecule has 0 saturated heterocycles. The molecule has 17 heavy (non-hydrogen) atoms. The number of hydrogen-bond acceptors (Lipinski definition) is 0. The lowest BCUT2D eigenvalue weighted by Crippen LogP contribution is -1.98. The molecule has 1 atom stereocenters. The Morgan fingerprint density at radius 1 is 1.18 bits per heavy atom. The fourth-order valence-corrected chi connectivity index (χ4v) is 3.95. The highest BCUT2D eigenvalue weighted by molar-refractivity contribution is 7.38.